The molecular formula is C17H11FN2O4. The Balaban J connectivity index is 1.82. The Morgan fingerprint density at radius 2 is 2.00 bits per heavy atom. The summed E-state index contributed by atoms with van der Waals surface area (Å²) in [4.78, 5) is 27.0. The molecule has 0 atom stereocenters. The van der Waals surface area contributed by atoms with Crippen LogP contribution in [0.5, 0.6) is 5.75 Å². The predicted octanol–water partition coefficient (Wildman–Crippen LogP) is 3.25. The summed E-state index contributed by atoms with van der Waals surface area (Å²) in [6.07, 6.45) is 1.47. The number of rotatable bonds is 4. The molecule has 0 radical (unpaired) electrons. The highest BCUT2D eigenvalue weighted by Crippen LogP contribution is 2.25. The average Bonchev–Trinajstić information content (AvgIpc) is 3.09. The van der Waals surface area contributed by atoms with Gasteiger partial charge >= 0.3 is 0 Å². The quantitative estimate of drug-likeness (QED) is 0.567. The van der Waals surface area contributed by atoms with E-state index in [2.05, 4.69) is 10.3 Å². The van der Waals surface area contributed by atoms with Crippen molar-refractivity contribution in [3.8, 4) is 17.2 Å². The predicted molar refractivity (Wildman–Crippen MR) is 83.3 cm³/mol. The molecule has 0 unspecified atom stereocenters. The maximum atomic E-state index is 13.5. The number of anilines is 1. The molecule has 3 aromatic rings. The number of oxazole rings is 1. The van der Waals surface area contributed by atoms with Crippen LogP contribution in [0.25, 0.3) is 11.5 Å². The molecule has 0 aliphatic heterocycles. The van der Waals surface area contributed by atoms with Gasteiger partial charge < -0.3 is 14.8 Å². The zero-order valence-corrected chi connectivity index (χ0v) is 12.2. The molecule has 24 heavy (non-hydrogen) atoms. The molecule has 2 aromatic carbocycles. The summed E-state index contributed by atoms with van der Waals surface area (Å²) in [6, 6.07) is 11.1. The molecular weight excluding hydrogens is 315 g/mol. The van der Waals surface area contributed by atoms with Crippen molar-refractivity contribution < 1.29 is 23.5 Å². The van der Waals surface area contributed by atoms with E-state index in [1.807, 2.05) is 6.07 Å². The van der Waals surface area contributed by atoms with Crippen molar-refractivity contribution in [2.24, 2.45) is 0 Å². The number of phenols is 1. The number of hydrogen-bond donors (Lipinski definition) is 2. The number of benzene rings is 2. The van der Waals surface area contributed by atoms with Gasteiger partial charge in [0.15, 0.2) is 23.5 Å². The number of nitrogens with one attached hydrogen (secondary N) is 1. The van der Waals surface area contributed by atoms with Crippen LogP contribution >= 0.6 is 0 Å². The van der Waals surface area contributed by atoms with Crippen LogP contribution in [0, 0.1) is 5.82 Å². The van der Waals surface area contributed by atoms with Crippen LogP contribution in [0.15, 0.2) is 53.1 Å². The van der Waals surface area contributed by atoms with Crippen molar-refractivity contribution in [3.05, 3.63) is 65.8 Å². The van der Waals surface area contributed by atoms with E-state index in [-0.39, 0.29) is 29.1 Å². The Labute approximate surface area is 135 Å². The maximum Gasteiger partial charge on any atom is 0.277 e. The molecule has 7 heteroatoms. The van der Waals surface area contributed by atoms with Crippen LogP contribution in [0.3, 0.4) is 0 Å². The van der Waals surface area contributed by atoms with Crippen molar-refractivity contribution in [2.45, 2.75) is 0 Å². The fourth-order valence-electron chi connectivity index (χ4n) is 2.07. The summed E-state index contributed by atoms with van der Waals surface area (Å²) < 4.78 is 18.8. The third-order valence-electron chi connectivity index (χ3n) is 3.24. The maximum absolute atomic E-state index is 13.5. The Bertz CT molecular complexity index is 906. The summed E-state index contributed by atoms with van der Waals surface area (Å²) >= 11 is 0. The number of nitrogens with zero attached hydrogens (tertiary/aromatic N) is 1. The number of halogens is 1. The monoisotopic (exact) mass is 326 g/mol. The topological polar surface area (TPSA) is 92.4 Å². The van der Waals surface area contributed by atoms with E-state index < -0.39 is 17.5 Å². The van der Waals surface area contributed by atoms with E-state index in [0.717, 1.165) is 12.1 Å². The van der Waals surface area contributed by atoms with E-state index in [4.69, 9.17) is 4.42 Å². The van der Waals surface area contributed by atoms with Gasteiger partial charge in [-0.3, -0.25) is 9.59 Å². The fraction of sp³-hybridized carbons (Fsp3) is 0. The third-order valence-corrected chi connectivity index (χ3v) is 3.24. The van der Waals surface area contributed by atoms with Gasteiger partial charge in [0.05, 0.1) is 5.56 Å². The molecule has 0 fully saturated rings. The lowest BCUT2D eigenvalue weighted by Gasteiger charge is -2.06. The minimum Gasteiger partial charge on any atom is -0.504 e. The Morgan fingerprint density at radius 1 is 1.25 bits per heavy atom. The lowest BCUT2D eigenvalue weighted by atomic mass is 10.2. The molecule has 0 saturated carbocycles. The SMILES string of the molecule is O=Cc1cc(NC(=O)c2coc(-c3ccccc3)n2)cc(F)c1O. The van der Waals surface area contributed by atoms with Gasteiger partial charge in [-0.05, 0) is 18.2 Å². The van der Waals surface area contributed by atoms with E-state index in [0.29, 0.717) is 5.56 Å². The van der Waals surface area contributed by atoms with E-state index in [1.165, 1.54) is 6.26 Å². The van der Waals surface area contributed by atoms with Gasteiger partial charge in [-0.2, -0.15) is 0 Å². The Kier molecular flexibility index (Phi) is 4.07. The molecule has 1 aromatic heterocycles. The number of carbonyl (C=O) groups excluding carboxylic acids is 2. The van der Waals surface area contributed by atoms with Gasteiger partial charge in [-0.1, -0.05) is 18.2 Å². The normalized spacial score (nSPS) is 10.4. The summed E-state index contributed by atoms with van der Waals surface area (Å²) in [6.45, 7) is 0. The number of aldehydes is 1. The van der Waals surface area contributed by atoms with Crippen LogP contribution in [-0.2, 0) is 0 Å². The molecule has 6 nitrogen and oxygen atoms in total. The number of amides is 1. The van der Waals surface area contributed by atoms with Crippen molar-refractivity contribution >= 4 is 17.9 Å². The zero-order chi connectivity index (χ0) is 17.1. The zero-order valence-electron chi connectivity index (χ0n) is 12.2. The Hall–Kier alpha value is -3.48. The molecule has 0 aliphatic rings. The van der Waals surface area contributed by atoms with Crippen molar-refractivity contribution in [1.29, 1.82) is 0 Å². The smallest absolute Gasteiger partial charge is 0.277 e. The van der Waals surface area contributed by atoms with Gasteiger partial charge in [0, 0.05) is 17.3 Å². The van der Waals surface area contributed by atoms with Gasteiger partial charge in [0.2, 0.25) is 5.89 Å². The molecule has 0 aliphatic carbocycles. The van der Waals surface area contributed by atoms with Gasteiger partial charge in [0.1, 0.15) is 6.26 Å². The van der Waals surface area contributed by atoms with Gasteiger partial charge in [0.25, 0.3) is 5.91 Å². The van der Waals surface area contributed by atoms with Crippen LogP contribution < -0.4 is 5.32 Å². The third kappa shape index (κ3) is 3.00. The highest BCUT2D eigenvalue weighted by atomic mass is 19.1. The molecule has 3 rings (SSSR count). The number of aromatic nitrogens is 1. The van der Waals surface area contributed by atoms with Crippen LogP contribution in [0.4, 0.5) is 10.1 Å². The molecule has 0 saturated heterocycles. The first-order valence-electron chi connectivity index (χ1n) is 6.88. The highest BCUT2D eigenvalue weighted by molar-refractivity contribution is 6.03. The minimum atomic E-state index is -1.01. The van der Waals surface area contributed by atoms with Crippen molar-refractivity contribution in [1.82, 2.24) is 4.98 Å². The second-order valence-corrected chi connectivity index (χ2v) is 4.87. The molecule has 0 spiro atoms. The average molecular weight is 326 g/mol. The molecule has 0 bridgehead atoms. The summed E-state index contributed by atoms with van der Waals surface area (Å²) in [5.41, 5.74) is 0.447. The first-order chi connectivity index (χ1) is 11.6. The summed E-state index contributed by atoms with van der Waals surface area (Å²) in [5.74, 6) is -2.15. The largest absolute Gasteiger partial charge is 0.504 e. The number of aromatic hydroxyl groups is 1. The van der Waals surface area contributed by atoms with Crippen molar-refractivity contribution in [3.63, 3.8) is 0 Å². The molecule has 120 valence electrons. The van der Waals surface area contributed by atoms with E-state index in [9.17, 15) is 19.1 Å². The highest BCUT2D eigenvalue weighted by Gasteiger charge is 2.16. The first-order valence-corrected chi connectivity index (χ1v) is 6.88. The van der Waals surface area contributed by atoms with Gasteiger partial charge in [-0.15, -0.1) is 0 Å². The summed E-state index contributed by atoms with van der Waals surface area (Å²) in [5, 5.41) is 11.8. The molecule has 2 N–H and O–H groups in total. The van der Waals surface area contributed by atoms with Gasteiger partial charge in [-0.25, -0.2) is 9.37 Å². The lowest BCUT2D eigenvalue weighted by Crippen LogP contribution is -2.12. The minimum absolute atomic E-state index is 0.00464. The molecule has 1 heterocycles. The fourth-order valence-corrected chi connectivity index (χ4v) is 2.07. The van der Waals surface area contributed by atoms with Crippen molar-refractivity contribution in [2.75, 3.05) is 5.32 Å². The molecule has 1 amide bonds. The van der Waals surface area contributed by atoms with Crippen LogP contribution in [0.2, 0.25) is 0 Å². The first kappa shape index (κ1) is 15.4. The second kappa shape index (κ2) is 6.33. The van der Waals surface area contributed by atoms with Crippen LogP contribution in [-0.4, -0.2) is 22.3 Å². The number of phenolic OH excluding ortho intramolecular Hbond substituents is 1. The van der Waals surface area contributed by atoms with E-state index in [1.54, 1.807) is 24.3 Å². The number of carbonyl (C=O) groups is 2. The lowest BCUT2D eigenvalue weighted by molar-refractivity contribution is 0.102. The Morgan fingerprint density at radius 3 is 2.71 bits per heavy atom. The second-order valence-electron chi connectivity index (χ2n) is 4.87. The van der Waals surface area contributed by atoms with Crippen LogP contribution in [0.1, 0.15) is 20.8 Å². The standard InChI is InChI=1S/C17H11FN2O4/c18-13-7-12(6-11(8-21)15(13)22)19-16(23)14-9-24-17(20-14)10-4-2-1-3-5-10/h1-9,22H,(H,19,23). The van der Waals surface area contributed by atoms with E-state index >= 15 is 0 Å². The summed E-state index contributed by atoms with van der Waals surface area (Å²) in [7, 11) is 0. The number of hydrogen-bond acceptors (Lipinski definition) is 5.